The van der Waals surface area contributed by atoms with Crippen molar-refractivity contribution in [3.05, 3.63) is 35.5 Å². The van der Waals surface area contributed by atoms with E-state index in [4.69, 9.17) is 16.3 Å². The molecule has 0 unspecified atom stereocenters. The number of halogens is 2. The van der Waals surface area contributed by atoms with E-state index in [9.17, 15) is 9.18 Å². The van der Waals surface area contributed by atoms with Crippen LogP contribution in [0.25, 0.3) is 22.4 Å². The Morgan fingerprint density at radius 3 is 2.82 bits per heavy atom. The number of aromatic nitrogens is 4. The molecule has 2 aliphatic rings. The molecule has 4 heterocycles. The zero-order valence-electron chi connectivity index (χ0n) is 18.1. The number of carbonyl (C=O) groups excluding carboxylic acids is 1. The predicted molar refractivity (Wildman–Crippen MR) is 123 cm³/mol. The quantitative estimate of drug-likeness (QED) is 0.517. The van der Waals surface area contributed by atoms with Crippen LogP contribution in [-0.4, -0.2) is 51.1 Å². The number of pyridine rings is 1. The zero-order valence-corrected chi connectivity index (χ0v) is 18.9. The van der Waals surface area contributed by atoms with Crippen molar-refractivity contribution in [1.82, 2.24) is 25.3 Å². The van der Waals surface area contributed by atoms with E-state index in [1.54, 1.807) is 18.5 Å². The number of nitrogens with one attached hydrogen (secondary N) is 3. The average Bonchev–Trinajstić information content (AvgIpc) is 3.24. The van der Waals surface area contributed by atoms with Gasteiger partial charge in [0.1, 0.15) is 5.65 Å². The van der Waals surface area contributed by atoms with Crippen LogP contribution >= 0.6 is 11.6 Å². The van der Waals surface area contributed by atoms with Gasteiger partial charge in [-0.25, -0.2) is 19.3 Å². The van der Waals surface area contributed by atoms with Gasteiger partial charge in [0, 0.05) is 54.6 Å². The summed E-state index contributed by atoms with van der Waals surface area (Å²) in [4.78, 5) is 28.6. The molecule has 3 N–H and O–H groups in total. The van der Waals surface area contributed by atoms with Crippen molar-refractivity contribution < 1.29 is 13.9 Å². The van der Waals surface area contributed by atoms with Crippen LogP contribution in [0, 0.1) is 11.7 Å². The lowest BCUT2D eigenvalue weighted by atomic mass is 9.90. The molecule has 1 aliphatic heterocycles. The second-order valence-electron chi connectivity index (χ2n) is 8.74. The Morgan fingerprint density at radius 2 is 1.97 bits per heavy atom. The monoisotopic (exact) mass is 472 g/mol. The second-order valence-corrected chi connectivity index (χ2v) is 9.18. The summed E-state index contributed by atoms with van der Waals surface area (Å²) in [6.07, 6.45) is 9.49. The van der Waals surface area contributed by atoms with E-state index < -0.39 is 5.82 Å². The molecule has 0 radical (unpaired) electrons. The first-order valence-electron chi connectivity index (χ1n) is 11.4. The Bertz CT molecular complexity index is 1150. The summed E-state index contributed by atoms with van der Waals surface area (Å²) in [6.45, 7) is 1.28. The molecule has 174 valence electrons. The van der Waals surface area contributed by atoms with Gasteiger partial charge in [-0.1, -0.05) is 11.6 Å². The highest BCUT2D eigenvalue weighted by atomic mass is 35.5. The van der Waals surface area contributed by atoms with Crippen LogP contribution in [-0.2, 0) is 9.53 Å². The number of rotatable bonds is 5. The van der Waals surface area contributed by atoms with Crippen LogP contribution in [0.15, 0.2) is 24.7 Å². The van der Waals surface area contributed by atoms with Crippen LogP contribution in [0.1, 0.15) is 38.5 Å². The summed E-state index contributed by atoms with van der Waals surface area (Å²) in [5.74, 6) is 0.155. The summed E-state index contributed by atoms with van der Waals surface area (Å²) in [5.41, 5.74) is 1.36. The van der Waals surface area contributed by atoms with Crippen molar-refractivity contribution in [3.8, 4) is 11.4 Å². The molecule has 1 saturated carbocycles. The molecule has 0 aromatic carbocycles. The number of hydrogen-bond acceptors (Lipinski definition) is 6. The third-order valence-electron chi connectivity index (χ3n) is 6.44. The van der Waals surface area contributed by atoms with Gasteiger partial charge < -0.3 is 20.4 Å². The summed E-state index contributed by atoms with van der Waals surface area (Å²) in [5, 5.41) is 7.71. The van der Waals surface area contributed by atoms with E-state index in [2.05, 4.69) is 30.6 Å². The normalized spacial score (nSPS) is 21.8. The van der Waals surface area contributed by atoms with E-state index in [-0.39, 0.29) is 29.7 Å². The summed E-state index contributed by atoms with van der Waals surface area (Å²) in [6, 6.07) is 1.86. The molecule has 3 aromatic rings. The number of hydrogen-bond donors (Lipinski definition) is 3. The van der Waals surface area contributed by atoms with Crippen molar-refractivity contribution in [2.24, 2.45) is 5.92 Å². The predicted octanol–water partition coefficient (Wildman–Crippen LogP) is 4.08. The molecule has 1 saturated heterocycles. The third kappa shape index (κ3) is 4.94. The minimum atomic E-state index is -0.511. The Labute approximate surface area is 195 Å². The fourth-order valence-electron chi connectivity index (χ4n) is 4.69. The lowest BCUT2D eigenvalue weighted by molar-refractivity contribution is -0.128. The van der Waals surface area contributed by atoms with Gasteiger partial charge >= 0.3 is 0 Å². The highest BCUT2D eigenvalue weighted by Gasteiger charge is 2.28. The summed E-state index contributed by atoms with van der Waals surface area (Å²) in [7, 11) is 0. The van der Waals surface area contributed by atoms with Crippen molar-refractivity contribution in [1.29, 1.82) is 0 Å². The lowest BCUT2D eigenvalue weighted by Gasteiger charge is -2.32. The molecule has 2 fully saturated rings. The van der Waals surface area contributed by atoms with Crippen LogP contribution in [0.5, 0.6) is 0 Å². The molecule has 0 bridgehead atoms. The Hall–Kier alpha value is -2.78. The maximum Gasteiger partial charge on any atom is 0.223 e. The SMILES string of the molecule is O=C(N[C@H]1CCC[C@@H](Nc2nc(-c3c[nH]c4ncc(Cl)cc34)ncc2F)C1)C1CCOCC1. The molecule has 10 heteroatoms. The first kappa shape index (κ1) is 22.0. The molecule has 8 nitrogen and oxygen atoms in total. The van der Waals surface area contributed by atoms with Gasteiger partial charge in [0.25, 0.3) is 0 Å². The Balaban J connectivity index is 1.28. The maximum atomic E-state index is 14.6. The number of ether oxygens (including phenoxy) is 1. The van der Waals surface area contributed by atoms with E-state index in [1.807, 2.05) is 0 Å². The molecular weight excluding hydrogens is 447 g/mol. The molecule has 2 atom stereocenters. The number of aromatic amines is 1. The van der Waals surface area contributed by atoms with Crippen LogP contribution < -0.4 is 10.6 Å². The first-order chi connectivity index (χ1) is 16.1. The minimum Gasteiger partial charge on any atom is -0.381 e. The van der Waals surface area contributed by atoms with Crippen LogP contribution in [0.4, 0.5) is 10.2 Å². The van der Waals surface area contributed by atoms with E-state index in [0.717, 1.165) is 43.9 Å². The van der Waals surface area contributed by atoms with Gasteiger partial charge in [-0.3, -0.25) is 4.79 Å². The lowest BCUT2D eigenvalue weighted by Crippen LogP contribution is -2.45. The van der Waals surface area contributed by atoms with E-state index >= 15 is 0 Å². The average molecular weight is 473 g/mol. The van der Waals surface area contributed by atoms with Gasteiger partial charge in [0.15, 0.2) is 17.5 Å². The topological polar surface area (TPSA) is 105 Å². The number of fused-ring (bicyclic) bond motifs is 1. The van der Waals surface area contributed by atoms with Gasteiger partial charge in [0.2, 0.25) is 5.91 Å². The fraction of sp³-hybridized carbons (Fsp3) is 0.478. The molecule has 1 aliphatic carbocycles. The number of carbonyl (C=O) groups is 1. The summed E-state index contributed by atoms with van der Waals surface area (Å²) < 4.78 is 19.9. The second kappa shape index (κ2) is 9.61. The Morgan fingerprint density at radius 1 is 1.15 bits per heavy atom. The van der Waals surface area contributed by atoms with Gasteiger partial charge in [-0.05, 0) is 44.6 Å². The van der Waals surface area contributed by atoms with Crippen molar-refractivity contribution in [2.45, 2.75) is 50.6 Å². The van der Waals surface area contributed by atoms with Gasteiger partial charge in [-0.15, -0.1) is 0 Å². The smallest absolute Gasteiger partial charge is 0.223 e. The number of amides is 1. The van der Waals surface area contributed by atoms with Gasteiger partial charge in [-0.2, -0.15) is 0 Å². The van der Waals surface area contributed by atoms with Crippen LogP contribution in [0.2, 0.25) is 5.02 Å². The standard InChI is InChI=1S/C23H26ClFN6O2/c24-14-8-17-18(11-27-20(17)26-10-14)21-28-12-19(25)22(31-21)29-15-2-1-3-16(9-15)30-23(32)13-4-6-33-7-5-13/h8,10-13,15-16H,1-7,9H2,(H,26,27)(H,30,32)(H,28,29,31)/t15-,16+/m1/s1. The fourth-order valence-corrected chi connectivity index (χ4v) is 4.84. The molecule has 33 heavy (non-hydrogen) atoms. The zero-order chi connectivity index (χ0) is 22.8. The van der Waals surface area contributed by atoms with Crippen molar-refractivity contribution in [3.63, 3.8) is 0 Å². The molecule has 3 aromatic heterocycles. The number of H-pyrrole nitrogens is 1. The Kier molecular flexibility index (Phi) is 6.41. The number of anilines is 1. The van der Waals surface area contributed by atoms with Crippen molar-refractivity contribution >= 4 is 34.4 Å². The molecule has 0 spiro atoms. The largest absolute Gasteiger partial charge is 0.381 e. The summed E-state index contributed by atoms with van der Waals surface area (Å²) >= 11 is 6.09. The maximum absolute atomic E-state index is 14.6. The highest BCUT2D eigenvalue weighted by molar-refractivity contribution is 6.31. The minimum absolute atomic E-state index is 0.00932. The number of nitrogens with zero attached hydrogens (tertiary/aromatic N) is 3. The first-order valence-corrected chi connectivity index (χ1v) is 11.7. The molecule has 1 amide bonds. The molecular formula is C23H26ClFN6O2. The van der Waals surface area contributed by atoms with E-state index in [0.29, 0.717) is 35.3 Å². The highest BCUT2D eigenvalue weighted by Crippen LogP contribution is 2.29. The van der Waals surface area contributed by atoms with Gasteiger partial charge in [0.05, 0.1) is 11.2 Å². The molecule has 5 rings (SSSR count). The third-order valence-corrected chi connectivity index (χ3v) is 6.64. The van der Waals surface area contributed by atoms with E-state index in [1.165, 1.54) is 6.20 Å². The van der Waals surface area contributed by atoms with Crippen molar-refractivity contribution in [2.75, 3.05) is 18.5 Å². The van der Waals surface area contributed by atoms with Crippen LogP contribution in [0.3, 0.4) is 0 Å².